The van der Waals surface area contributed by atoms with Gasteiger partial charge in [0.15, 0.2) is 0 Å². The van der Waals surface area contributed by atoms with Gasteiger partial charge in [0.2, 0.25) is 5.88 Å². The molecular formula is C15H15NO3. The molecule has 0 aliphatic heterocycles. The van der Waals surface area contributed by atoms with Crippen LogP contribution in [0.15, 0.2) is 42.6 Å². The van der Waals surface area contributed by atoms with Gasteiger partial charge in [0.25, 0.3) is 0 Å². The second-order valence-electron chi connectivity index (χ2n) is 4.02. The number of carbonyl (C=O) groups excluding carboxylic acids is 1. The Balaban J connectivity index is 2.06. The van der Waals surface area contributed by atoms with Crippen LogP contribution in [0.2, 0.25) is 0 Å². The number of benzene rings is 1. The summed E-state index contributed by atoms with van der Waals surface area (Å²) in [6.45, 7) is 4.12. The summed E-state index contributed by atoms with van der Waals surface area (Å²) < 4.78 is 10.4. The summed E-state index contributed by atoms with van der Waals surface area (Å²) in [4.78, 5) is 15.5. The van der Waals surface area contributed by atoms with Crippen molar-refractivity contribution in [1.82, 2.24) is 4.98 Å². The Kier molecular flexibility index (Phi) is 4.13. The topological polar surface area (TPSA) is 48.4 Å². The molecule has 19 heavy (non-hydrogen) atoms. The van der Waals surface area contributed by atoms with E-state index in [1.54, 1.807) is 19.1 Å². The lowest BCUT2D eigenvalue weighted by molar-refractivity contribution is 0.0526. The van der Waals surface area contributed by atoms with Gasteiger partial charge in [-0.3, -0.25) is 0 Å². The van der Waals surface area contributed by atoms with Crippen LogP contribution in [0, 0.1) is 6.92 Å². The Morgan fingerprint density at radius 1 is 1.16 bits per heavy atom. The first kappa shape index (κ1) is 13.1. The van der Waals surface area contributed by atoms with E-state index in [1.807, 2.05) is 31.2 Å². The van der Waals surface area contributed by atoms with Gasteiger partial charge in [0, 0.05) is 12.3 Å². The first-order chi connectivity index (χ1) is 9.19. The van der Waals surface area contributed by atoms with Crippen molar-refractivity contribution in [1.29, 1.82) is 0 Å². The van der Waals surface area contributed by atoms with Crippen LogP contribution < -0.4 is 4.74 Å². The molecule has 1 heterocycles. The zero-order valence-corrected chi connectivity index (χ0v) is 10.9. The van der Waals surface area contributed by atoms with Gasteiger partial charge in [-0.1, -0.05) is 17.7 Å². The quantitative estimate of drug-likeness (QED) is 0.788. The van der Waals surface area contributed by atoms with Gasteiger partial charge >= 0.3 is 5.97 Å². The predicted molar refractivity (Wildman–Crippen MR) is 71.4 cm³/mol. The first-order valence-electron chi connectivity index (χ1n) is 6.06. The summed E-state index contributed by atoms with van der Waals surface area (Å²) in [5, 5.41) is 0. The third-order valence-electron chi connectivity index (χ3n) is 2.49. The molecule has 0 radical (unpaired) electrons. The van der Waals surface area contributed by atoms with Crippen molar-refractivity contribution in [3.63, 3.8) is 0 Å². The van der Waals surface area contributed by atoms with Gasteiger partial charge in [-0.25, -0.2) is 9.78 Å². The highest BCUT2D eigenvalue weighted by Gasteiger charge is 2.07. The molecule has 98 valence electrons. The van der Waals surface area contributed by atoms with Crippen molar-refractivity contribution in [3.8, 4) is 11.6 Å². The molecule has 4 heteroatoms. The Morgan fingerprint density at radius 2 is 1.89 bits per heavy atom. The van der Waals surface area contributed by atoms with Crippen molar-refractivity contribution in [2.24, 2.45) is 0 Å². The number of hydrogen-bond acceptors (Lipinski definition) is 4. The monoisotopic (exact) mass is 257 g/mol. The van der Waals surface area contributed by atoms with E-state index in [2.05, 4.69) is 4.98 Å². The molecule has 1 aromatic carbocycles. The van der Waals surface area contributed by atoms with E-state index in [1.165, 1.54) is 6.20 Å². The summed E-state index contributed by atoms with van der Waals surface area (Å²) in [7, 11) is 0. The molecule has 0 spiro atoms. The largest absolute Gasteiger partial charge is 0.462 e. The van der Waals surface area contributed by atoms with Crippen LogP contribution in [-0.2, 0) is 4.74 Å². The van der Waals surface area contributed by atoms with Crippen molar-refractivity contribution in [2.75, 3.05) is 6.61 Å². The number of ether oxygens (including phenoxy) is 2. The van der Waals surface area contributed by atoms with Crippen LogP contribution in [0.4, 0.5) is 0 Å². The molecule has 0 amide bonds. The highest BCUT2D eigenvalue weighted by atomic mass is 16.5. The van der Waals surface area contributed by atoms with Gasteiger partial charge in [-0.2, -0.15) is 0 Å². The van der Waals surface area contributed by atoms with Gasteiger partial charge in [0.1, 0.15) is 5.75 Å². The minimum Gasteiger partial charge on any atom is -0.462 e. The standard InChI is InChI=1S/C15H15NO3/c1-3-18-15(17)12-6-9-14(16-10-12)19-13-7-4-11(2)5-8-13/h4-10H,3H2,1-2H3. The number of carbonyl (C=O) groups is 1. The maximum absolute atomic E-state index is 11.4. The lowest BCUT2D eigenvalue weighted by atomic mass is 10.2. The van der Waals surface area contributed by atoms with E-state index in [0.29, 0.717) is 23.8 Å². The van der Waals surface area contributed by atoms with Crippen molar-refractivity contribution in [3.05, 3.63) is 53.7 Å². The van der Waals surface area contributed by atoms with E-state index in [4.69, 9.17) is 9.47 Å². The van der Waals surface area contributed by atoms with E-state index in [0.717, 1.165) is 5.56 Å². The van der Waals surface area contributed by atoms with Crippen LogP contribution in [0.3, 0.4) is 0 Å². The van der Waals surface area contributed by atoms with Crippen LogP contribution in [0.1, 0.15) is 22.8 Å². The predicted octanol–water partition coefficient (Wildman–Crippen LogP) is 3.36. The van der Waals surface area contributed by atoms with Gasteiger partial charge in [-0.05, 0) is 32.0 Å². The molecule has 1 aromatic heterocycles. The van der Waals surface area contributed by atoms with Crippen molar-refractivity contribution < 1.29 is 14.3 Å². The average molecular weight is 257 g/mol. The fourth-order valence-corrected chi connectivity index (χ4v) is 1.50. The molecule has 2 aromatic rings. The molecule has 0 aliphatic rings. The lowest BCUT2D eigenvalue weighted by Gasteiger charge is -2.05. The zero-order chi connectivity index (χ0) is 13.7. The second-order valence-corrected chi connectivity index (χ2v) is 4.02. The highest BCUT2D eigenvalue weighted by Crippen LogP contribution is 2.19. The summed E-state index contributed by atoms with van der Waals surface area (Å²) in [5.74, 6) is 0.774. The Morgan fingerprint density at radius 3 is 2.47 bits per heavy atom. The smallest absolute Gasteiger partial charge is 0.339 e. The zero-order valence-electron chi connectivity index (χ0n) is 10.9. The molecule has 2 rings (SSSR count). The number of rotatable bonds is 4. The minimum absolute atomic E-state index is 0.348. The maximum atomic E-state index is 11.4. The third kappa shape index (κ3) is 3.55. The molecule has 0 saturated heterocycles. The normalized spacial score (nSPS) is 10.0. The van der Waals surface area contributed by atoms with E-state index in [9.17, 15) is 4.79 Å². The van der Waals surface area contributed by atoms with E-state index >= 15 is 0 Å². The lowest BCUT2D eigenvalue weighted by Crippen LogP contribution is -2.04. The summed E-state index contributed by atoms with van der Waals surface area (Å²) in [6, 6.07) is 10.9. The first-order valence-corrected chi connectivity index (χ1v) is 6.06. The van der Waals surface area contributed by atoms with Crippen LogP contribution in [0.25, 0.3) is 0 Å². The molecule has 0 aliphatic carbocycles. The average Bonchev–Trinajstić information content (AvgIpc) is 2.42. The molecule has 0 unspecified atom stereocenters. The molecule has 0 N–H and O–H groups in total. The fourth-order valence-electron chi connectivity index (χ4n) is 1.50. The Hall–Kier alpha value is -2.36. The van der Waals surface area contributed by atoms with Crippen LogP contribution >= 0.6 is 0 Å². The van der Waals surface area contributed by atoms with E-state index in [-0.39, 0.29) is 5.97 Å². The molecule has 0 saturated carbocycles. The number of aryl methyl sites for hydroxylation is 1. The van der Waals surface area contributed by atoms with Gasteiger partial charge in [-0.15, -0.1) is 0 Å². The Bertz CT molecular complexity index is 547. The van der Waals surface area contributed by atoms with Gasteiger partial charge in [0.05, 0.1) is 12.2 Å². The van der Waals surface area contributed by atoms with Crippen LogP contribution in [-0.4, -0.2) is 17.6 Å². The number of esters is 1. The molecular weight excluding hydrogens is 242 g/mol. The van der Waals surface area contributed by atoms with Crippen molar-refractivity contribution in [2.45, 2.75) is 13.8 Å². The van der Waals surface area contributed by atoms with Gasteiger partial charge < -0.3 is 9.47 Å². The second kappa shape index (κ2) is 6.00. The number of aromatic nitrogens is 1. The SMILES string of the molecule is CCOC(=O)c1ccc(Oc2ccc(C)cc2)nc1. The summed E-state index contributed by atoms with van der Waals surface area (Å²) in [6.07, 6.45) is 1.45. The molecule has 0 bridgehead atoms. The number of nitrogens with zero attached hydrogens (tertiary/aromatic N) is 1. The molecule has 0 atom stereocenters. The van der Waals surface area contributed by atoms with Crippen LogP contribution in [0.5, 0.6) is 11.6 Å². The number of pyridine rings is 1. The minimum atomic E-state index is -0.378. The number of hydrogen-bond donors (Lipinski definition) is 0. The Labute approximate surface area is 112 Å². The summed E-state index contributed by atoms with van der Waals surface area (Å²) >= 11 is 0. The fraction of sp³-hybridized carbons (Fsp3) is 0.200. The third-order valence-corrected chi connectivity index (χ3v) is 2.49. The molecule has 4 nitrogen and oxygen atoms in total. The maximum Gasteiger partial charge on any atom is 0.339 e. The highest BCUT2D eigenvalue weighted by molar-refractivity contribution is 5.89. The molecule has 0 fully saturated rings. The summed E-state index contributed by atoms with van der Waals surface area (Å²) in [5.41, 5.74) is 1.58. The van der Waals surface area contributed by atoms with Crippen molar-refractivity contribution >= 4 is 5.97 Å². The van der Waals surface area contributed by atoms with E-state index < -0.39 is 0 Å².